The van der Waals surface area contributed by atoms with Crippen LogP contribution in [0.4, 0.5) is 0 Å². The van der Waals surface area contributed by atoms with Crippen LogP contribution in [0.1, 0.15) is 56.7 Å². The Hall–Kier alpha value is -3.99. The van der Waals surface area contributed by atoms with Gasteiger partial charge in [0, 0.05) is 65.7 Å². The summed E-state index contributed by atoms with van der Waals surface area (Å²) >= 11 is 0. The predicted molar refractivity (Wildman–Crippen MR) is 202 cm³/mol. The van der Waals surface area contributed by atoms with Gasteiger partial charge >= 0.3 is 11.9 Å². The van der Waals surface area contributed by atoms with E-state index in [1.54, 1.807) is 7.11 Å². The summed E-state index contributed by atoms with van der Waals surface area (Å²) in [5.41, 5.74) is 7.67. The Labute approximate surface area is 311 Å². The number of para-hydroxylation sites is 1. The number of likely N-dealkylation sites (N-methyl/N-ethyl adjacent to an activating group) is 1. The van der Waals surface area contributed by atoms with Crippen LogP contribution in [-0.2, 0) is 30.2 Å². The number of hydrogen-bond donors (Lipinski definition) is 2. The Morgan fingerprint density at radius 2 is 1.92 bits per heavy atom. The molecule has 0 radical (unpaired) electrons. The molecule has 1 aromatic carbocycles. The number of aromatic nitrogens is 1. The van der Waals surface area contributed by atoms with Gasteiger partial charge in [-0.1, -0.05) is 29.8 Å². The van der Waals surface area contributed by atoms with Gasteiger partial charge in [-0.3, -0.25) is 24.4 Å². The maximum absolute atomic E-state index is 14.4. The molecule has 3 aliphatic carbocycles. The highest BCUT2D eigenvalue weighted by Crippen LogP contribution is 2.61. The van der Waals surface area contributed by atoms with Gasteiger partial charge in [0.15, 0.2) is 0 Å². The number of nitrogens with zero attached hydrogens (tertiary/aromatic N) is 3. The van der Waals surface area contributed by atoms with Crippen LogP contribution in [0.2, 0.25) is 0 Å². The van der Waals surface area contributed by atoms with Crippen molar-refractivity contribution in [3.8, 4) is 0 Å². The molecule has 8 aliphatic rings. The van der Waals surface area contributed by atoms with Crippen LogP contribution < -0.4 is 0 Å². The Morgan fingerprint density at radius 1 is 1.11 bits per heavy atom. The number of aliphatic imine (C=N–C) groups is 1. The number of hydrogen-bond acceptors (Lipinski definition) is 9. The van der Waals surface area contributed by atoms with E-state index in [0.29, 0.717) is 19.3 Å². The Balaban J connectivity index is 1.25. The fourth-order valence-corrected chi connectivity index (χ4v) is 12.2. The average Bonchev–Trinajstić information content (AvgIpc) is 3.70. The number of methoxy groups -OCH3 is 3. The van der Waals surface area contributed by atoms with Gasteiger partial charge in [0.25, 0.3) is 0 Å². The second-order valence-corrected chi connectivity index (χ2v) is 16.6. The standard InChI is InChI=1S/C43H52N4O6/c1-7-24-21-46(3)33-18-30-25-10-8-9-11-32(25)44-37(30)31(17-29(24)35(33)41(49)52-5)36-34(51-4)13-12-26-27-14-15-47-20-23-16-28(22(2)48)40(47)43(19-23,42(50)53-6)39(27)45-38(26)36/h7-13,22-23,28-29,31,33,35-36,40,44,48H,14-21H2,1-6H3/b24-7-/t22-,23-,28-,29+,31+,33+,35+,36?,40+,43-/m1/s1. The van der Waals surface area contributed by atoms with E-state index in [4.69, 9.17) is 19.2 Å². The number of carbonyl (C=O) groups excluding carboxylic acids is 2. The van der Waals surface area contributed by atoms with E-state index in [9.17, 15) is 14.7 Å². The van der Waals surface area contributed by atoms with E-state index in [0.717, 1.165) is 72.0 Å². The number of aliphatic hydroxyl groups excluding tert-OH is 1. The number of aliphatic hydroxyl groups is 1. The lowest BCUT2D eigenvalue weighted by Gasteiger charge is -2.58. The first-order valence-corrected chi connectivity index (χ1v) is 19.5. The summed E-state index contributed by atoms with van der Waals surface area (Å²) in [6.07, 6.45) is 9.60. The Morgan fingerprint density at radius 3 is 2.66 bits per heavy atom. The minimum Gasteiger partial charge on any atom is -0.500 e. The van der Waals surface area contributed by atoms with E-state index >= 15 is 0 Å². The van der Waals surface area contributed by atoms with Crippen molar-refractivity contribution in [1.82, 2.24) is 14.8 Å². The highest BCUT2D eigenvalue weighted by molar-refractivity contribution is 6.12. The van der Waals surface area contributed by atoms with Crippen molar-refractivity contribution in [3.63, 3.8) is 0 Å². The topological polar surface area (TPSA) is 117 Å². The van der Waals surface area contributed by atoms with Crippen LogP contribution in [0.5, 0.6) is 0 Å². The molecule has 280 valence electrons. The molecule has 6 bridgehead atoms. The number of H-pyrrole nitrogens is 1. The predicted octanol–water partition coefficient (Wildman–Crippen LogP) is 5.31. The summed E-state index contributed by atoms with van der Waals surface area (Å²) in [6.45, 7) is 6.46. The molecule has 2 aromatic rings. The van der Waals surface area contributed by atoms with E-state index in [1.165, 1.54) is 30.7 Å². The maximum Gasteiger partial charge on any atom is 0.319 e. The summed E-state index contributed by atoms with van der Waals surface area (Å²) in [7, 11) is 6.87. The van der Waals surface area contributed by atoms with Gasteiger partial charge in [0.2, 0.25) is 0 Å². The molecule has 10 nitrogen and oxygen atoms in total. The summed E-state index contributed by atoms with van der Waals surface area (Å²) in [5, 5.41) is 12.3. The van der Waals surface area contributed by atoms with Gasteiger partial charge in [-0.25, -0.2) is 0 Å². The third-order valence-electron chi connectivity index (χ3n) is 14.3. The zero-order chi connectivity index (χ0) is 36.9. The molecule has 2 N–H and O–H groups in total. The molecule has 10 rings (SSSR count). The van der Waals surface area contributed by atoms with Crippen LogP contribution in [0, 0.1) is 35.0 Å². The fraction of sp³-hybridized carbons (Fsp3) is 0.558. The molecule has 0 spiro atoms. The number of fused-ring (bicyclic) bond motifs is 8. The fourth-order valence-electron chi connectivity index (χ4n) is 12.2. The normalized spacial score (nSPS) is 37.3. The van der Waals surface area contributed by atoms with Gasteiger partial charge in [0.1, 0.15) is 11.2 Å². The van der Waals surface area contributed by atoms with E-state index in [1.807, 2.05) is 6.92 Å². The Kier molecular flexibility index (Phi) is 8.40. The lowest BCUT2D eigenvalue weighted by Crippen LogP contribution is -2.67. The minimum absolute atomic E-state index is 0.0256. The number of esters is 2. The van der Waals surface area contributed by atoms with Crippen molar-refractivity contribution < 1.29 is 28.9 Å². The van der Waals surface area contributed by atoms with Crippen LogP contribution in [0.15, 0.2) is 75.7 Å². The monoisotopic (exact) mass is 720 g/mol. The number of piperidine rings is 3. The van der Waals surface area contributed by atoms with E-state index in [2.05, 4.69) is 71.2 Å². The molecule has 1 aromatic heterocycles. The first kappa shape index (κ1) is 34.8. The lowest BCUT2D eigenvalue weighted by molar-refractivity contribution is -0.173. The number of likely N-dealkylation sites (tertiary alicyclic amines) is 1. The average molecular weight is 721 g/mol. The quantitative estimate of drug-likeness (QED) is 0.316. The summed E-state index contributed by atoms with van der Waals surface area (Å²) in [6, 6.07) is 8.27. The zero-order valence-electron chi connectivity index (χ0n) is 31.7. The number of rotatable bonds is 5. The second-order valence-electron chi connectivity index (χ2n) is 16.6. The highest BCUT2D eigenvalue weighted by atomic mass is 16.5. The largest absolute Gasteiger partial charge is 0.500 e. The van der Waals surface area contributed by atoms with Crippen LogP contribution in [-0.4, -0.2) is 104 Å². The summed E-state index contributed by atoms with van der Waals surface area (Å²) in [5.74, 6) is -0.177. The van der Waals surface area contributed by atoms with Gasteiger partial charge in [0.05, 0.1) is 50.7 Å². The molecule has 11 atom stereocenters. The molecule has 6 heterocycles. The van der Waals surface area contributed by atoms with Crippen LogP contribution in [0.3, 0.4) is 0 Å². The molecule has 2 unspecified atom stereocenters. The molecule has 0 amide bonds. The molecule has 4 fully saturated rings. The van der Waals surface area contributed by atoms with E-state index < -0.39 is 11.5 Å². The third kappa shape index (κ3) is 4.90. The first-order chi connectivity index (χ1) is 25.6. The van der Waals surface area contributed by atoms with Crippen LogP contribution in [0.25, 0.3) is 10.9 Å². The van der Waals surface area contributed by atoms with Crippen molar-refractivity contribution >= 4 is 28.6 Å². The number of ether oxygens (including phenoxy) is 3. The minimum atomic E-state index is -0.977. The third-order valence-corrected chi connectivity index (χ3v) is 14.3. The van der Waals surface area contributed by atoms with Gasteiger partial charge < -0.3 is 24.3 Å². The Bertz CT molecular complexity index is 2040. The van der Waals surface area contributed by atoms with Crippen molar-refractivity contribution in [3.05, 3.63) is 81.9 Å². The first-order valence-electron chi connectivity index (χ1n) is 19.5. The highest BCUT2D eigenvalue weighted by Gasteiger charge is 2.65. The van der Waals surface area contributed by atoms with E-state index in [-0.39, 0.29) is 59.5 Å². The number of carbonyl (C=O) groups is 2. The van der Waals surface area contributed by atoms with Gasteiger partial charge in [-0.05, 0) is 94.2 Å². The van der Waals surface area contributed by atoms with Crippen molar-refractivity contribution in [2.75, 3.05) is 48.0 Å². The lowest BCUT2D eigenvalue weighted by atomic mass is 9.56. The molecule has 3 saturated heterocycles. The van der Waals surface area contributed by atoms with Gasteiger partial charge in [-0.15, -0.1) is 0 Å². The summed E-state index contributed by atoms with van der Waals surface area (Å²) in [4.78, 5) is 42.7. The smallest absolute Gasteiger partial charge is 0.319 e. The number of aromatic amines is 1. The molecule has 5 aliphatic heterocycles. The summed E-state index contributed by atoms with van der Waals surface area (Å²) < 4.78 is 17.6. The molecule has 1 saturated carbocycles. The molecule has 53 heavy (non-hydrogen) atoms. The van der Waals surface area contributed by atoms with Gasteiger partial charge in [-0.2, -0.15) is 0 Å². The van der Waals surface area contributed by atoms with Crippen molar-refractivity contribution in [2.24, 2.45) is 40.0 Å². The molecular weight excluding hydrogens is 668 g/mol. The number of allylic oxidation sites excluding steroid dienone is 5. The van der Waals surface area contributed by atoms with Crippen molar-refractivity contribution in [1.29, 1.82) is 0 Å². The maximum atomic E-state index is 14.4. The van der Waals surface area contributed by atoms with Crippen molar-refractivity contribution in [2.45, 2.75) is 70.1 Å². The SMILES string of the molecule is C/C=C1/CN(C)[C@H]2Cc3c([nH]c4ccccc34)[C@H](C3C(OC)=CC=C4C3=NC3=C4CCN4C[C@@H]5C[C@H]([C@@H](C)O)[C@H]4[C@@]3(C(=O)OC)C5)C[C@@H]1[C@@H]2C(=O)OC. The van der Waals surface area contributed by atoms with Crippen LogP contribution >= 0.6 is 0 Å². The second kappa shape index (κ2) is 12.8. The zero-order valence-corrected chi connectivity index (χ0v) is 31.7. The number of nitrogens with one attached hydrogen (secondary N) is 1. The molecule has 10 heteroatoms. The molecular formula is C43H52N4O6. The number of benzene rings is 1.